The summed E-state index contributed by atoms with van der Waals surface area (Å²) >= 11 is 0. The minimum atomic E-state index is -0.812. The summed E-state index contributed by atoms with van der Waals surface area (Å²) < 4.78 is 15.1. The molecule has 62 heavy (non-hydrogen) atoms. The van der Waals surface area contributed by atoms with Crippen LogP contribution in [0.1, 0.15) is 74.4 Å². The smallest absolute Gasteiger partial charge is 0.407 e. The average Bonchev–Trinajstić information content (AvgIpc) is 4.11. The molecule has 4 N–H and O–H groups in total. The number of ether oxygens (including phenoxy) is 3. The van der Waals surface area contributed by atoms with Crippen LogP contribution in [0.2, 0.25) is 0 Å². The van der Waals surface area contributed by atoms with Gasteiger partial charge in [-0.15, -0.1) is 0 Å². The number of aromatic amines is 2. The molecule has 3 aliphatic heterocycles. The maximum Gasteiger partial charge on any atom is 0.407 e. The molecule has 4 atom stereocenters. The van der Waals surface area contributed by atoms with Crippen molar-refractivity contribution in [2.24, 2.45) is 11.8 Å². The molecule has 4 aromatic rings. The van der Waals surface area contributed by atoms with Crippen LogP contribution in [-0.4, -0.2) is 131 Å². The first kappa shape index (κ1) is 43.4. The Bertz CT molecular complexity index is 2270. The molecule has 0 saturated carbocycles. The van der Waals surface area contributed by atoms with Crippen molar-refractivity contribution in [2.45, 2.75) is 63.7 Å². The third-order valence-electron chi connectivity index (χ3n) is 11.8. The van der Waals surface area contributed by atoms with E-state index in [1.807, 2.05) is 67.3 Å². The molecule has 5 heterocycles. The van der Waals surface area contributed by atoms with Crippen LogP contribution in [0.3, 0.4) is 0 Å². The van der Waals surface area contributed by atoms with Crippen molar-refractivity contribution >= 4 is 30.4 Å². The zero-order chi connectivity index (χ0) is 43.8. The Morgan fingerprint density at radius 2 is 1.31 bits per heavy atom. The fourth-order valence-corrected chi connectivity index (χ4v) is 8.30. The van der Waals surface area contributed by atoms with E-state index in [0.717, 1.165) is 52.9 Å². The van der Waals surface area contributed by atoms with Gasteiger partial charge in [0.2, 0.25) is 18.2 Å². The van der Waals surface area contributed by atoms with Crippen LogP contribution < -0.4 is 10.6 Å². The Hall–Kier alpha value is -6.67. The number of amides is 5. The molecule has 326 valence electrons. The average molecular weight is 848 g/mol. The van der Waals surface area contributed by atoms with E-state index >= 15 is 0 Å². The summed E-state index contributed by atoms with van der Waals surface area (Å²) in [7, 11) is 2.55. The SMILES string of the molecule is COC(=O)N[C@H](C(=O)N1CCN(C=O)C[C@H]1c1ncc(-c2ccc(C#Cc3ccc(-c4cnc([C@@H]5CCCN5C(=O)[C@@H](NC(=O)OC)C5CCOCC5)[nH]4)cc3)cc2)[nH]1)C(C)C. The molecule has 0 bridgehead atoms. The predicted octanol–water partition coefficient (Wildman–Crippen LogP) is 4.40. The number of carbonyl (C=O) groups excluding carboxylic acids is 5. The van der Waals surface area contributed by atoms with E-state index in [1.165, 1.54) is 14.2 Å². The van der Waals surface area contributed by atoms with Gasteiger partial charge in [0.15, 0.2) is 0 Å². The standard InChI is InChI=1S/C45H53N9O8/c1-28(2)38(50-44(58)60-3)42(56)54-21-20-52(27-55)26-37(54)41-47-25-35(49-41)32-15-11-30(12-16-32)8-7-29-9-13-31(14-10-29)34-24-46-40(48-34)36-6-5-19-53(36)43(57)39(51-45(59)61-4)33-17-22-62-23-18-33/h9-16,24-25,27-28,33,36-39H,5-6,17-23,26H2,1-4H3,(H,46,48)(H,47,49)(H,50,58)(H,51,59)/t36-,37-,38-,39-/m0/s1. The minimum absolute atomic E-state index is 0.0395. The highest BCUT2D eigenvalue weighted by Gasteiger charge is 2.41. The second-order valence-corrected chi connectivity index (χ2v) is 16.0. The largest absolute Gasteiger partial charge is 0.453 e. The summed E-state index contributed by atoms with van der Waals surface area (Å²) in [5, 5.41) is 5.45. The number of rotatable bonds is 11. The van der Waals surface area contributed by atoms with Crippen LogP contribution in [-0.2, 0) is 28.6 Å². The molecule has 2 aromatic heterocycles. The van der Waals surface area contributed by atoms with Gasteiger partial charge in [0, 0.05) is 50.5 Å². The zero-order valence-electron chi connectivity index (χ0n) is 35.4. The van der Waals surface area contributed by atoms with Crippen molar-refractivity contribution in [1.82, 2.24) is 45.3 Å². The van der Waals surface area contributed by atoms with E-state index in [4.69, 9.17) is 14.2 Å². The maximum absolute atomic E-state index is 13.9. The number of benzene rings is 2. The number of methoxy groups -OCH3 is 2. The molecule has 0 unspecified atom stereocenters. The van der Waals surface area contributed by atoms with Crippen LogP contribution in [0.15, 0.2) is 60.9 Å². The van der Waals surface area contributed by atoms with Crippen LogP contribution in [0.5, 0.6) is 0 Å². The number of H-pyrrole nitrogens is 2. The molecule has 7 rings (SSSR count). The molecular formula is C45H53N9O8. The molecule has 0 spiro atoms. The molecule has 3 saturated heterocycles. The van der Waals surface area contributed by atoms with Gasteiger partial charge in [0.05, 0.1) is 44.0 Å². The Kier molecular flexibility index (Phi) is 13.9. The molecule has 5 amide bonds. The van der Waals surface area contributed by atoms with Gasteiger partial charge in [0.1, 0.15) is 29.8 Å². The van der Waals surface area contributed by atoms with Gasteiger partial charge in [-0.2, -0.15) is 0 Å². The topological polar surface area (TPSA) is 204 Å². The Balaban J connectivity index is 0.992. The lowest BCUT2D eigenvalue weighted by molar-refractivity contribution is -0.142. The van der Waals surface area contributed by atoms with Gasteiger partial charge in [-0.25, -0.2) is 19.6 Å². The van der Waals surface area contributed by atoms with E-state index in [2.05, 4.69) is 42.4 Å². The zero-order valence-corrected chi connectivity index (χ0v) is 35.4. The normalized spacial score (nSPS) is 19.0. The summed E-state index contributed by atoms with van der Waals surface area (Å²) in [5.41, 5.74) is 5.01. The Morgan fingerprint density at radius 3 is 1.85 bits per heavy atom. The van der Waals surface area contributed by atoms with E-state index in [-0.39, 0.29) is 42.8 Å². The van der Waals surface area contributed by atoms with Crippen molar-refractivity contribution in [2.75, 3.05) is 53.6 Å². The van der Waals surface area contributed by atoms with Gasteiger partial charge >= 0.3 is 12.2 Å². The van der Waals surface area contributed by atoms with E-state index in [1.54, 1.807) is 22.2 Å². The van der Waals surface area contributed by atoms with Crippen LogP contribution in [0, 0.1) is 23.7 Å². The van der Waals surface area contributed by atoms with Gasteiger partial charge in [-0.3, -0.25) is 14.4 Å². The van der Waals surface area contributed by atoms with Gasteiger partial charge in [-0.1, -0.05) is 50.0 Å². The van der Waals surface area contributed by atoms with Crippen molar-refractivity contribution in [1.29, 1.82) is 0 Å². The summed E-state index contributed by atoms with van der Waals surface area (Å²) in [5.74, 6) is 7.05. The van der Waals surface area contributed by atoms with Gasteiger partial charge in [-0.05, 0) is 72.9 Å². The lowest BCUT2D eigenvalue weighted by atomic mass is 9.90. The second kappa shape index (κ2) is 19.8. The summed E-state index contributed by atoms with van der Waals surface area (Å²) in [6, 6.07) is 13.3. The first-order valence-electron chi connectivity index (χ1n) is 21.0. The molecule has 2 aromatic carbocycles. The van der Waals surface area contributed by atoms with E-state index in [0.29, 0.717) is 50.8 Å². The van der Waals surface area contributed by atoms with Crippen LogP contribution in [0.4, 0.5) is 9.59 Å². The number of piperazine rings is 1. The lowest BCUT2D eigenvalue weighted by Gasteiger charge is -2.41. The lowest BCUT2D eigenvalue weighted by Crippen LogP contribution is -2.57. The Morgan fingerprint density at radius 1 is 0.758 bits per heavy atom. The number of aromatic nitrogens is 4. The summed E-state index contributed by atoms with van der Waals surface area (Å²) in [6.07, 6.45) is 5.89. The number of hydrogen-bond acceptors (Lipinski definition) is 10. The predicted molar refractivity (Wildman–Crippen MR) is 227 cm³/mol. The molecule has 17 heteroatoms. The van der Waals surface area contributed by atoms with Crippen molar-refractivity contribution in [3.63, 3.8) is 0 Å². The molecule has 0 radical (unpaired) electrons. The van der Waals surface area contributed by atoms with Gasteiger partial charge in [0.25, 0.3) is 0 Å². The number of carbonyl (C=O) groups is 5. The maximum atomic E-state index is 13.9. The molecular weight excluding hydrogens is 795 g/mol. The molecule has 0 aliphatic carbocycles. The number of nitrogens with one attached hydrogen (secondary N) is 4. The second-order valence-electron chi connectivity index (χ2n) is 16.0. The first-order valence-corrected chi connectivity index (χ1v) is 21.0. The summed E-state index contributed by atoms with van der Waals surface area (Å²) in [6.45, 7) is 6.26. The molecule has 3 aliphatic rings. The molecule has 3 fully saturated rings. The number of imidazole rings is 2. The third kappa shape index (κ3) is 9.92. The Labute approximate surface area is 360 Å². The third-order valence-corrected chi connectivity index (χ3v) is 11.8. The first-order chi connectivity index (χ1) is 30.1. The van der Waals surface area contributed by atoms with Gasteiger partial charge < -0.3 is 49.5 Å². The van der Waals surface area contributed by atoms with E-state index in [9.17, 15) is 24.0 Å². The minimum Gasteiger partial charge on any atom is -0.453 e. The number of likely N-dealkylation sites (tertiary alicyclic amines) is 1. The number of hydrogen-bond donors (Lipinski definition) is 4. The van der Waals surface area contributed by atoms with Crippen LogP contribution >= 0.6 is 0 Å². The van der Waals surface area contributed by atoms with Crippen molar-refractivity contribution in [3.8, 4) is 34.4 Å². The number of nitrogens with zero attached hydrogens (tertiary/aromatic N) is 5. The van der Waals surface area contributed by atoms with Crippen LogP contribution in [0.25, 0.3) is 22.5 Å². The monoisotopic (exact) mass is 847 g/mol. The van der Waals surface area contributed by atoms with E-state index < -0.39 is 30.3 Å². The fraction of sp³-hybridized carbons (Fsp3) is 0.444. The highest BCUT2D eigenvalue weighted by molar-refractivity contribution is 5.87. The highest BCUT2D eigenvalue weighted by Crippen LogP contribution is 2.34. The highest BCUT2D eigenvalue weighted by atomic mass is 16.5. The quantitative estimate of drug-likeness (QED) is 0.124. The number of alkyl carbamates (subject to hydrolysis) is 2. The summed E-state index contributed by atoms with van der Waals surface area (Å²) in [4.78, 5) is 84.9. The van der Waals surface area contributed by atoms with Crippen molar-refractivity contribution < 1.29 is 38.2 Å². The van der Waals surface area contributed by atoms with Crippen molar-refractivity contribution in [3.05, 3.63) is 83.7 Å². The fourth-order valence-electron chi connectivity index (χ4n) is 8.30. The molecule has 17 nitrogen and oxygen atoms in total.